The van der Waals surface area contributed by atoms with Crippen molar-refractivity contribution in [2.45, 2.75) is 25.3 Å². The lowest BCUT2D eigenvalue weighted by Crippen LogP contribution is -2.38. The van der Waals surface area contributed by atoms with E-state index in [1.54, 1.807) is 18.3 Å². The zero-order valence-electron chi connectivity index (χ0n) is 15.2. The predicted octanol–water partition coefficient (Wildman–Crippen LogP) is 6.30. The van der Waals surface area contributed by atoms with Gasteiger partial charge in [-0.05, 0) is 76.8 Å². The number of hydrogen-bond donors (Lipinski definition) is 1. The minimum atomic E-state index is -0.199. The highest BCUT2D eigenvalue weighted by Crippen LogP contribution is 2.27. The number of carbonyl (C=O) groups is 1. The number of rotatable bonds is 6. The third kappa shape index (κ3) is 5.57. The van der Waals surface area contributed by atoms with Crippen molar-refractivity contribution >= 4 is 45.0 Å². The number of carbonyl (C=O) groups excluding carboxylic acids is 1. The summed E-state index contributed by atoms with van der Waals surface area (Å²) in [5, 5.41) is 4.47. The van der Waals surface area contributed by atoms with Gasteiger partial charge in [0, 0.05) is 32.7 Å². The molecule has 144 valence electrons. The third-order valence-corrected chi connectivity index (χ3v) is 5.56. The van der Waals surface area contributed by atoms with Crippen LogP contribution in [0.1, 0.15) is 34.5 Å². The quantitative estimate of drug-likeness (QED) is 0.452. The molecule has 0 spiro atoms. The van der Waals surface area contributed by atoms with Gasteiger partial charge in [0.05, 0.1) is 0 Å². The van der Waals surface area contributed by atoms with Crippen molar-refractivity contribution in [1.82, 2.24) is 10.3 Å². The van der Waals surface area contributed by atoms with Crippen LogP contribution < -0.4 is 5.32 Å². The molecule has 28 heavy (non-hydrogen) atoms. The molecular weight excluding hydrogens is 459 g/mol. The van der Waals surface area contributed by atoms with E-state index < -0.39 is 0 Å². The lowest BCUT2D eigenvalue weighted by Gasteiger charge is -2.26. The summed E-state index contributed by atoms with van der Waals surface area (Å²) in [5.41, 5.74) is 2.64. The molecule has 1 N–H and O–H groups in total. The summed E-state index contributed by atoms with van der Waals surface area (Å²) in [4.78, 5) is 16.8. The zero-order chi connectivity index (χ0) is 20.1. The summed E-state index contributed by atoms with van der Waals surface area (Å²) in [6, 6.07) is 18.9. The highest BCUT2D eigenvalue weighted by Gasteiger charge is 2.22. The van der Waals surface area contributed by atoms with Gasteiger partial charge in [-0.2, -0.15) is 0 Å². The lowest BCUT2D eigenvalue weighted by atomic mass is 9.86. The van der Waals surface area contributed by atoms with Crippen LogP contribution in [0, 0.1) is 0 Å². The maximum Gasteiger partial charge on any atom is 0.270 e. The Bertz CT molecular complexity index is 928. The SMILES string of the molecule is C[C@@H](NC(=O)c1ccc(Br)cn1)[C@H](Cc1ccc(Cl)cc1)c1ccc(Cl)cc1. The first-order chi connectivity index (χ1) is 13.4. The molecule has 3 aromatic rings. The molecule has 0 radical (unpaired) electrons. The van der Waals surface area contributed by atoms with Gasteiger partial charge in [0.2, 0.25) is 0 Å². The minimum absolute atomic E-state index is 0.0674. The second-order valence-electron chi connectivity index (χ2n) is 6.61. The minimum Gasteiger partial charge on any atom is -0.348 e. The fourth-order valence-electron chi connectivity index (χ4n) is 3.06. The average molecular weight is 478 g/mol. The molecule has 0 aliphatic heterocycles. The standard InChI is InChI=1S/C22H19BrCl2N2O/c1-14(27-22(28)21-11-6-17(23)13-26-21)20(16-4-9-19(25)10-5-16)12-15-2-7-18(24)8-3-15/h2-11,13-14,20H,12H2,1H3,(H,27,28)/t14-,20+/m1/s1. The molecule has 0 saturated carbocycles. The summed E-state index contributed by atoms with van der Waals surface area (Å²) < 4.78 is 0.832. The van der Waals surface area contributed by atoms with Crippen LogP contribution in [0.4, 0.5) is 0 Å². The van der Waals surface area contributed by atoms with Crippen LogP contribution in [0.15, 0.2) is 71.3 Å². The number of halogens is 3. The summed E-state index contributed by atoms with van der Waals surface area (Å²) in [6.07, 6.45) is 2.37. The number of nitrogens with one attached hydrogen (secondary N) is 1. The summed E-state index contributed by atoms with van der Waals surface area (Å²) >= 11 is 15.4. The highest BCUT2D eigenvalue weighted by molar-refractivity contribution is 9.10. The van der Waals surface area contributed by atoms with Gasteiger partial charge in [-0.15, -0.1) is 0 Å². The van der Waals surface area contributed by atoms with Crippen LogP contribution in [0.3, 0.4) is 0 Å². The lowest BCUT2D eigenvalue weighted by molar-refractivity contribution is 0.0929. The van der Waals surface area contributed by atoms with Gasteiger partial charge < -0.3 is 5.32 Å². The monoisotopic (exact) mass is 476 g/mol. The van der Waals surface area contributed by atoms with Gasteiger partial charge in [-0.1, -0.05) is 47.5 Å². The fourth-order valence-corrected chi connectivity index (χ4v) is 3.55. The van der Waals surface area contributed by atoms with E-state index in [9.17, 15) is 4.79 Å². The Morgan fingerprint density at radius 3 is 2.18 bits per heavy atom. The summed E-state index contributed by atoms with van der Waals surface area (Å²) in [7, 11) is 0. The Kier molecular flexibility index (Phi) is 7.11. The Morgan fingerprint density at radius 1 is 1.00 bits per heavy atom. The first-order valence-electron chi connectivity index (χ1n) is 8.84. The van der Waals surface area contributed by atoms with Crippen molar-refractivity contribution in [3.05, 3.63) is 98.2 Å². The van der Waals surface area contributed by atoms with Gasteiger partial charge >= 0.3 is 0 Å². The van der Waals surface area contributed by atoms with Crippen molar-refractivity contribution in [2.24, 2.45) is 0 Å². The molecule has 0 fully saturated rings. The molecule has 1 amide bonds. The van der Waals surface area contributed by atoms with Gasteiger partial charge in [-0.25, -0.2) is 4.98 Å². The van der Waals surface area contributed by atoms with Gasteiger partial charge in [-0.3, -0.25) is 4.79 Å². The molecule has 0 bridgehead atoms. The second-order valence-corrected chi connectivity index (χ2v) is 8.40. The van der Waals surface area contributed by atoms with Crippen molar-refractivity contribution in [1.29, 1.82) is 0 Å². The molecule has 1 heterocycles. The smallest absolute Gasteiger partial charge is 0.270 e. The molecular formula is C22H19BrCl2N2O. The zero-order valence-corrected chi connectivity index (χ0v) is 18.3. The van der Waals surface area contributed by atoms with E-state index >= 15 is 0 Å². The maximum absolute atomic E-state index is 12.6. The summed E-state index contributed by atoms with van der Waals surface area (Å²) in [5.74, 6) is -0.132. The van der Waals surface area contributed by atoms with E-state index in [0.717, 1.165) is 22.0 Å². The first-order valence-corrected chi connectivity index (χ1v) is 10.4. The predicted molar refractivity (Wildman–Crippen MR) is 118 cm³/mol. The maximum atomic E-state index is 12.6. The molecule has 1 aromatic heterocycles. The van der Waals surface area contributed by atoms with E-state index in [2.05, 4.69) is 26.2 Å². The number of benzene rings is 2. The largest absolute Gasteiger partial charge is 0.348 e. The van der Waals surface area contributed by atoms with E-state index in [1.165, 1.54) is 0 Å². The molecule has 3 nitrogen and oxygen atoms in total. The van der Waals surface area contributed by atoms with Gasteiger partial charge in [0.15, 0.2) is 0 Å². The van der Waals surface area contributed by atoms with Crippen LogP contribution in [0.25, 0.3) is 0 Å². The van der Waals surface area contributed by atoms with Crippen molar-refractivity contribution in [3.8, 4) is 0 Å². The average Bonchev–Trinajstić information content (AvgIpc) is 2.68. The number of nitrogens with zero attached hydrogens (tertiary/aromatic N) is 1. The number of aromatic nitrogens is 1. The first kappa shape index (κ1) is 20.8. The topological polar surface area (TPSA) is 42.0 Å². The summed E-state index contributed by atoms with van der Waals surface area (Å²) in [6.45, 7) is 2.01. The fraction of sp³-hybridized carbons (Fsp3) is 0.182. The second kappa shape index (κ2) is 9.55. The molecule has 3 rings (SSSR count). The molecule has 2 aromatic carbocycles. The van der Waals surface area contributed by atoms with Crippen LogP contribution in [0.5, 0.6) is 0 Å². The Balaban J connectivity index is 1.82. The van der Waals surface area contributed by atoms with Gasteiger partial charge in [0.25, 0.3) is 5.91 Å². The third-order valence-electron chi connectivity index (χ3n) is 4.59. The molecule has 0 aliphatic rings. The van der Waals surface area contributed by atoms with Crippen LogP contribution in [-0.4, -0.2) is 16.9 Å². The molecule has 0 aliphatic carbocycles. The molecule has 2 atom stereocenters. The van der Waals surface area contributed by atoms with Crippen LogP contribution in [-0.2, 0) is 6.42 Å². The van der Waals surface area contributed by atoms with Crippen molar-refractivity contribution in [3.63, 3.8) is 0 Å². The van der Waals surface area contributed by atoms with Gasteiger partial charge in [0.1, 0.15) is 5.69 Å². The number of hydrogen-bond acceptors (Lipinski definition) is 2. The van der Waals surface area contributed by atoms with E-state index in [-0.39, 0.29) is 17.9 Å². The van der Waals surface area contributed by atoms with E-state index in [1.807, 2.05) is 55.5 Å². The van der Waals surface area contributed by atoms with Crippen molar-refractivity contribution in [2.75, 3.05) is 0 Å². The van der Waals surface area contributed by atoms with Crippen LogP contribution >= 0.6 is 39.1 Å². The Hall–Kier alpha value is -1.88. The molecule has 0 saturated heterocycles. The van der Waals surface area contributed by atoms with E-state index in [0.29, 0.717) is 15.7 Å². The van der Waals surface area contributed by atoms with E-state index in [4.69, 9.17) is 23.2 Å². The highest BCUT2D eigenvalue weighted by atomic mass is 79.9. The van der Waals surface area contributed by atoms with Crippen molar-refractivity contribution < 1.29 is 4.79 Å². The van der Waals surface area contributed by atoms with Crippen LogP contribution in [0.2, 0.25) is 10.0 Å². The molecule has 6 heteroatoms. The normalized spacial score (nSPS) is 13.0. The Morgan fingerprint density at radius 2 is 1.61 bits per heavy atom. The molecule has 0 unspecified atom stereocenters. The Labute approximate surface area is 183 Å². The number of amides is 1. The number of pyridine rings is 1.